The summed E-state index contributed by atoms with van der Waals surface area (Å²) in [5, 5.41) is 6.18. The minimum atomic E-state index is -0.303. The number of fused-ring (bicyclic) bond motifs is 2. The summed E-state index contributed by atoms with van der Waals surface area (Å²) in [6.45, 7) is 2.22. The standard InChI is InChI=1S/C19H21N3O2.ClH/c23-18(16-8-13-3-1-2-4-17(13)22-19(16)24)21-9-12-5-6-14-10-20-11-15(14)7-12;/h5-8,20H,1-4,9-11H2,(H,21,23)(H,22,24);1H. The number of amides is 1. The molecule has 0 fully saturated rings. The highest BCUT2D eigenvalue weighted by atomic mass is 35.5. The van der Waals surface area contributed by atoms with E-state index in [0.29, 0.717) is 6.54 Å². The van der Waals surface area contributed by atoms with Gasteiger partial charge in [0.2, 0.25) is 0 Å². The van der Waals surface area contributed by atoms with E-state index in [9.17, 15) is 9.59 Å². The molecule has 2 heterocycles. The maximum Gasteiger partial charge on any atom is 0.261 e. The van der Waals surface area contributed by atoms with Crippen molar-refractivity contribution >= 4 is 18.3 Å². The highest BCUT2D eigenvalue weighted by Crippen LogP contribution is 2.19. The second-order valence-electron chi connectivity index (χ2n) is 6.61. The third-order valence-corrected chi connectivity index (χ3v) is 4.94. The molecule has 6 heteroatoms. The second kappa shape index (κ2) is 7.42. The van der Waals surface area contributed by atoms with Crippen molar-refractivity contribution in [3.63, 3.8) is 0 Å². The largest absolute Gasteiger partial charge is 0.348 e. The van der Waals surface area contributed by atoms with E-state index >= 15 is 0 Å². The number of benzene rings is 1. The molecule has 2 aromatic rings. The fraction of sp³-hybridized carbons (Fsp3) is 0.368. The van der Waals surface area contributed by atoms with Gasteiger partial charge in [-0.05, 0) is 54.0 Å². The van der Waals surface area contributed by atoms with E-state index in [-0.39, 0.29) is 29.4 Å². The average Bonchev–Trinajstić information content (AvgIpc) is 3.06. The smallest absolute Gasteiger partial charge is 0.261 e. The molecule has 1 aromatic carbocycles. The van der Waals surface area contributed by atoms with Crippen molar-refractivity contribution in [1.82, 2.24) is 15.6 Å². The number of hydrogen-bond donors (Lipinski definition) is 3. The Morgan fingerprint density at radius 3 is 2.72 bits per heavy atom. The molecule has 1 aromatic heterocycles. The summed E-state index contributed by atoms with van der Waals surface area (Å²) in [5.74, 6) is -0.303. The first-order valence-corrected chi connectivity index (χ1v) is 8.55. The first kappa shape index (κ1) is 17.7. The molecule has 25 heavy (non-hydrogen) atoms. The Bertz CT molecular complexity index is 860. The normalized spacial score (nSPS) is 15.0. The lowest BCUT2D eigenvalue weighted by Gasteiger charge is -2.16. The highest BCUT2D eigenvalue weighted by Gasteiger charge is 2.17. The van der Waals surface area contributed by atoms with Gasteiger partial charge in [-0.1, -0.05) is 18.2 Å². The molecule has 0 radical (unpaired) electrons. The molecular formula is C19H22ClN3O2. The number of nitrogens with one attached hydrogen (secondary N) is 3. The molecule has 4 rings (SSSR count). The lowest BCUT2D eigenvalue weighted by Crippen LogP contribution is -2.30. The lowest BCUT2D eigenvalue weighted by atomic mass is 9.95. The number of aryl methyl sites for hydroxylation is 2. The van der Waals surface area contributed by atoms with Crippen LogP contribution >= 0.6 is 12.4 Å². The Kier molecular flexibility index (Phi) is 5.25. The van der Waals surface area contributed by atoms with Crippen LogP contribution in [0.2, 0.25) is 0 Å². The lowest BCUT2D eigenvalue weighted by molar-refractivity contribution is 0.0949. The molecule has 1 amide bonds. The minimum absolute atomic E-state index is 0. The number of aromatic amines is 1. The van der Waals surface area contributed by atoms with Gasteiger partial charge in [-0.15, -0.1) is 12.4 Å². The van der Waals surface area contributed by atoms with Gasteiger partial charge in [0.15, 0.2) is 0 Å². The minimum Gasteiger partial charge on any atom is -0.348 e. The third-order valence-electron chi connectivity index (χ3n) is 4.94. The van der Waals surface area contributed by atoms with Gasteiger partial charge in [-0.25, -0.2) is 0 Å². The number of aromatic nitrogens is 1. The van der Waals surface area contributed by atoms with Gasteiger partial charge in [-0.2, -0.15) is 0 Å². The van der Waals surface area contributed by atoms with Crippen molar-refractivity contribution in [2.75, 3.05) is 0 Å². The van der Waals surface area contributed by atoms with E-state index < -0.39 is 0 Å². The van der Waals surface area contributed by atoms with Crippen molar-refractivity contribution in [1.29, 1.82) is 0 Å². The average molecular weight is 360 g/mol. The molecule has 132 valence electrons. The number of halogens is 1. The molecule has 0 bridgehead atoms. The van der Waals surface area contributed by atoms with Gasteiger partial charge in [0.1, 0.15) is 5.56 Å². The molecule has 1 aliphatic carbocycles. The maximum atomic E-state index is 12.4. The van der Waals surface area contributed by atoms with Crippen LogP contribution in [0, 0.1) is 0 Å². The fourth-order valence-corrected chi connectivity index (χ4v) is 3.58. The predicted molar refractivity (Wildman–Crippen MR) is 99.1 cm³/mol. The van der Waals surface area contributed by atoms with Gasteiger partial charge in [0.25, 0.3) is 11.5 Å². The molecule has 0 saturated carbocycles. The molecule has 2 aliphatic rings. The zero-order chi connectivity index (χ0) is 16.5. The zero-order valence-corrected chi connectivity index (χ0v) is 14.8. The predicted octanol–water partition coefficient (Wildman–Crippen LogP) is 2.21. The van der Waals surface area contributed by atoms with Crippen LogP contribution in [0.3, 0.4) is 0 Å². The maximum absolute atomic E-state index is 12.4. The highest BCUT2D eigenvalue weighted by molar-refractivity contribution is 5.94. The Morgan fingerprint density at radius 2 is 1.84 bits per heavy atom. The molecule has 0 unspecified atom stereocenters. The Balaban J connectivity index is 0.00000182. The van der Waals surface area contributed by atoms with Crippen molar-refractivity contribution in [3.05, 3.63) is 68.1 Å². The van der Waals surface area contributed by atoms with Gasteiger partial charge >= 0.3 is 0 Å². The van der Waals surface area contributed by atoms with Crippen LogP contribution in [-0.4, -0.2) is 10.9 Å². The van der Waals surface area contributed by atoms with E-state index in [1.165, 1.54) is 11.1 Å². The molecule has 1 aliphatic heterocycles. The van der Waals surface area contributed by atoms with Gasteiger partial charge in [0, 0.05) is 25.3 Å². The third kappa shape index (κ3) is 3.62. The summed E-state index contributed by atoms with van der Waals surface area (Å²) in [7, 11) is 0. The molecular weight excluding hydrogens is 338 g/mol. The van der Waals surface area contributed by atoms with Crippen LogP contribution < -0.4 is 16.2 Å². The SMILES string of the molecule is Cl.O=C(NCc1ccc2c(c1)CNC2)c1cc2c([nH]c1=O)CCCC2. The van der Waals surface area contributed by atoms with Crippen LogP contribution in [0.1, 0.15) is 51.1 Å². The number of carbonyl (C=O) groups is 1. The summed E-state index contributed by atoms with van der Waals surface area (Å²) in [4.78, 5) is 27.5. The molecule has 5 nitrogen and oxygen atoms in total. The molecule has 0 atom stereocenters. The van der Waals surface area contributed by atoms with Crippen molar-refractivity contribution in [3.8, 4) is 0 Å². The Hall–Kier alpha value is -2.11. The number of rotatable bonds is 3. The van der Waals surface area contributed by atoms with Gasteiger partial charge in [0.05, 0.1) is 0 Å². The number of H-pyrrole nitrogens is 1. The van der Waals surface area contributed by atoms with Crippen molar-refractivity contribution in [2.45, 2.75) is 45.3 Å². The van der Waals surface area contributed by atoms with Crippen molar-refractivity contribution in [2.24, 2.45) is 0 Å². The fourth-order valence-electron chi connectivity index (χ4n) is 3.58. The van der Waals surface area contributed by atoms with E-state index in [4.69, 9.17) is 0 Å². The first-order valence-electron chi connectivity index (χ1n) is 8.55. The summed E-state index contributed by atoms with van der Waals surface area (Å²) in [6.07, 6.45) is 4.05. The van der Waals surface area contributed by atoms with Crippen LogP contribution in [0.15, 0.2) is 29.1 Å². The molecule has 0 spiro atoms. The molecule has 0 saturated heterocycles. The second-order valence-corrected chi connectivity index (χ2v) is 6.61. The van der Waals surface area contributed by atoms with Crippen LogP contribution in [0.4, 0.5) is 0 Å². The Labute approximate surface area is 152 Å². The van der Waals surface area contributed by atoms with Crippen LogP contribution in [0.25, 0.3) is 0 Å². The monoisotopic (exact) mass is 359 g/mol. The van der Waals surface area contributed by atoms with E-state index in [0.717, 1.165) is 55.6 Å². The van der Waals surface area contributed by atoms with E-state index in [1.807, 2.05) is 6.07 Å². The molecule has 3 N–H and O–H groups in total. The quantitative estimate of drug-likeness (QED) is 0.786. The summed E-state index contributed by atoms with van der Waals surface area (Å²) in [6, 6.07) is 8.02. The number of carbonyl (C=O) groups excluding carboxylic acids is 1. The van der Waals surface area contributed by atoms with E-state index in [2.05, 4.69) is 27.8 Å². The Morgan fingerprint density at radius 1 is 1.04 bits per heavy atom. The van der Waals surface area contributed by atoms with Gasteiger partial charge in [-0.3, -0.25) is 9.59 Å². The number of hydrogen-bond acceptors (Lipinski definition) is 3. The summed E-state index contributed by atoms with van der Waals surface area (Å²) >= 11 is 0. The first-order chi connectivity index (χ1) is 11.7. The zero-order valence-electron chi connectivity index (χ0n) is 14.0. The van der Waals surface area contributed by atoms with Crippen LogP contribution in [-0.2, 0) is 32.5 Å². The summed E-state index contributed by atoms with van der Waals surface area (Å²) in [5.41, 5.74) is 5.69. The topological polar surface area (TPSA) is 74.0 Å². The van der Waals surface area contributed by atoms with Crippen LogP contribution in [0.5, 0.6) is 0 Å². The number of pyridine rings is 1. The van der Waals surface area contributed by atoms with Crippen molar-refractivity contribution < 1.29 is 4.79 Å². The van der Waals surface area contributed by atoms with E-state index in [1.54, 1.807) is 6.07 Å². The summed E-state index contributed by atoms with van der Waals surface area (Å²) < 4.78 is 0. The van der Waals surface area contributed by atoms with Gasteiger partial charge < -0.3 is 15.6 Å².